The van der Waals surface area contributed by atoms with Crippen molar-refractivity contribution in [2.24, 2.45) is 35.5 Å². The Bertz CT molecular complexity index is 1880. The molecule has 4 rings (SSSR count). The molecule has 4 aliphatic rings. The Balaban J connectivity index is 1.73. The van der Waals surface area contributed by atoms with Crippen LogP contribution in [0.5, 0.6) is 0 Å². The van der Waals surface area contributed by atoms with Gasteiger partial charge < -0.3 is 49.0 Å². The molecule has 404 valence electrons. The van der Waals surface area contributed by atoms with Crippen LogP contribution in [0.4, 0.5) is 4.79 Å². The van der Waals surface area contributed by atoms with Crippen molar-refractivity contribution in [2.75, 3.05) is 20.8 Å². The van der Waals surface area contributed by atoms with Crippen molar-refractivity contribution in [2.45, 2.75) is 219 Å². The number of cyclic esters (lactones) is 1. The molecule has 16 atom stereocenters. The number of methoxy groups -OCH3 is 2. The van der Waals surface area contributed by atoms with Crippen LogP contribution in [0.2, 0.25) is 0 Å². The van der Waals surface area contributed by atoms with Gasteiger partial charge in [-0.3, -0.25) is 14.8 Å². The van der Waals surface area contributed by atoms with Crippen LogP contribution in [0.15, 0.2) is 47.6 Å². The summed E-state index contributed by atoms with van der Waals surface area (Å²) in [6.07, 6.45) is 9.80. The molecule has 3 fully saturated rings. The van der Waals surface area contributed by atoms with Crippen LogP contribution in [0.1, 0.15) is 153 Å². The minimum Gasteiger partial charge on any atom is -0.461 e. The molecule has 1 unspecified atom stereocenters. The highest BCUT2D eigenvalue weighted by Crippen LogP contribution is 2.39. The predicted octanol–water partition coefficient (Wildman–Crippen LogP) is 7.77. The topological polar surface area (TPSA) is 222 Å². The quantitative estimate of drug-likeness (QED) is 0.0743. The molecular weight excluding hydrogens is 913 g/mol. The number of carbonyl (C=O) groups excluding carboxylic acids is 4. The molecule has 2 saturated heterocycles. The van der Waals surface area contributed by atoms with Crippen LogP contribution in [-0.2, 0) is 38.1 Å². The molecule has 0 aromatic heterocycles. The SMILES string of the molecule is CO[C@@H]1C[C@H](C[C@@H](C)[C@@H]2CC[C@H](C)/C=C(\C)[C@@H](O)[C@@H](OC)C(=O)[C@H](C)C[C@H](C)/C=C/C=C/C=C(\C)[C@@H](N(O)C(=O)OC(C)(C)C)C[C@@H]3CC[C@@H](C)[C@@](O)(O3)C(O)C(=O)N3CCCC[C@H]3C(=O)O2)CC[C@H]1O. The molecule has 16 nitrogen and oxygen atoms in total. The second kappa shape index (κ2) is 27.2. The molecule has 0 spiro atoms. The van der Waals surface area contributed by atoms with E-state index in [0.717, 1.165) is 6.42 Å². The van der Waals surface area contributed by atoms with E-state index in [-0.39, 0.29) is 54.9 Å². The van der Waals surface area contributed by atoms with Crippen molar-refractivity contribution in [1.82, 2.24) is 9.96 Å². The van der Waals surface area contributed by atoms with E-state index in [1.807, 2.05) is 45.9 Å². The Labute approximate surface area is 423 Å². The van der Waals surface area contributed by atoms with Gasteiger partial charge in [-0.05, 0) is 146 Å². The second-order valence-corrected chi connectivity index (χ2v) is 22.5. The number of rotatable bonds is 6. The van der Waals surface area contributed by atoms with Gasteiger partial charge in [0.05, 0.1) is 24.4 Å². The predicted molar refractivity (Wildman–Crippen MR) is 269 cm³/mol. The normalized spacial score (nSPS) is 39.1. The van der Waals surface area contributed by atoms with Crippen molar-refractivity contribution < 1.29 is 68.5 Å². The number of hydrogen-bond donors (Lipinski definition) is 5. The number of hydrogen-bond acceptors (Lipinski definition) is 14. The van der Waals surface area contributed by atoms with E-state index in [0.29, 0.717) is 80.4 Å². The number of allylic oxidation sites excluding steroid dienone is 6. The Kier molecular flexibility index (Phi) is 23.0. The average Bonchev–Trinajstić information content (AvgIpc) is 3.31. The first-order chi connectivity index (χ1) is 33.3. The van der Waals surface area contributed by atoms with Crippen LogP contribution in [0, 0.1) is 35.5 Å². The zero-order chi connectivity index (χ0) is 53.0. The number of piperidine rings is 1. The highest BCUT2D eigenvalue weighted by atomic mass is 16.7. The number of amides is 2. The molecule has 2 amide bonds. The third-order valence-electron chi connectivity index (χ3n) is 15.3. The van der Waals surface area contributed by atoms with E-state index < -0.39 is 89.9 Å². The van der Waals surface area contributed by atoms with Crippen molar-refractivity contribution in [3.8, 4) is 0 Å². The monoisotopic (exact) mass is 1000 g/mol. The summed E-state index contributed by atoms with van der Waals surface area (Å²) in [4.78, 5) is 57.4. The van der Waals surface area contributed by atoms with Crippen molar-refractivity contribution in [3.05, 3.63) is 47.6 Å². The third kappa shape index (κ3) is 16.8. The number of hydroxylamine groups is 2. The summed E-state index contributed by atoms with van der Waals surface area (Å²) >= 11 is 0. The van der Waals surface area contributed by atoms with E-state index in [2.05, 4.69) is 0 Å². The molecule has 3 heterocycles. The fourth-order valence-electron chi connectivity index (χ4n) is 10.9. The maximum atomic E-state index is 14.5. The Morgan fingerprint density at radius 1 is 0.873 bits per heavy atom. The fraction of sp³-hybridized carbons (Fsp3) is 0.782. The molecule has 3 aliphatic heterocycles. The van der Waals surface area contributed by atoms with Gasteiger partial charge in [-0.2, -0.15) is 5.06 Å². The van der Waals surface area contributed by atoms with Crippen molar-refractivity contribution in [3.63, 3.8) is 0 Å². The van der Waals surface area contributed by atoms with Gasteiger partial charge in [-0.15, -0.1) is 0 Å². The van der Waals surface area contributed by atoms with Crippen molar-refractivity contribution >= 4 is 23.8 Å². The van der Waals surface area contributed by atoms with Gasteiger partial charge in [0.1, 0.15) is 30.0 Å². The van der Waals surface area contributed by atoms with Gasteiger partial charge in [0.2, 0.25) is 5.79 Å². The summed E-state index contributed by atoms with van der Waals surface area (Å²) in [6, 6.07) is -2.05. The Hall–Kier alpha value is -3.48. The first-order valence-corrected chi connectivity index (χ1v) is 26.3. The van der Waals surface area contributed by atoms with E-state index >= 15 is 0 Å². The van der Waals surface area contributed by atoms with E-state index in [9.17, 15) is 44.8 Å². The Morgan fingerprint density at radius 2 is 1.58 bits per heavy atom. The molecular formula is C55H90N2O14. The lowest BCUT2D eigenvalue weighted by atomic mass is 9.78. The second-order valence-electron chi connectivity index (χ2n) is 22.5. The molecule has 0 aromatic rings. The summed E-state index contributed by atoms with van der Waals surface area (Å²) in [5.41, 5.74) is 0.203. The number of ether oxygens (including phenoxy) is 5. The molecule has 0 aromatic carbocycles. The maximum Gasteiger partial charge on any atom is 0.434 e. The standard InChI is InChI=1S/C55H90N2O14/c1-33-18-14-13-15-19-35(3)43(57(66)53(64)71-54(8,9)10)32-41-24-22-39(7)55(65,70-41)50(61)51(62)56-27-17-16-20-42(56)52(63)69-45(36(4)30-40-23-25-44(58)46(31-40)67-11)26-21-34(2)29-38(6)48(60)49(68-12)47(59)37(5)28-33/h13-15,18-19,29,33-34,36-37,39-46,48-50,58,60-61,65-66H,16-17,20-28,30-32H2,1-12H3/b15-13+,18-14+,35-19+,38-29+/t33-,34+,36-,37-,39-,40+,41+,42+,43+,44-,45+,46-,48-,49+,50?,55-/m1/s1. The lowest BCUT2D eigenvalue weighted by Crippen LogP contribution is -2.63. The van der Waals surface area contributed by atoms with Gasteiger partial charge in [-0.1, -0.05) is 71.1 Å². The van der Waals surface area contributed by atoms with E-state index in [1.54, 1.807) is 66.9 Å². The number of Topliss-reactive ketones (excluding diaryl/α,β-unsaturated/α-hetero) is 1. The maximum absolute atomic E-state index is 14.5. The number of fused-ring (bicyclic) bond motifs is 3. The van der Waals surface area contributed by atoms with Crippen LogP contribution in [0.3, 0.4) is 0 Å². The van der Waals surface area contributed by atoms with Gasteiger partial charge in [0, 0.05) is 39.0 Å². The number of nitrogens with zero attached hydrogens (tertiary/aromatic N) is 2. The molecule has 1 aliphatic carbocycles. The summed E-state index contributed by atoms with van der Waals surface area (Å²) in [5.74, 6) is -5.27. The number of carbonyl (C=O) groups is 4. The summed E-state index contributed by atoms with van der Waals surface area (Å²) in [6.45, 7) is 18.2. The number of esters is 1. The largest absolute Gasteiger partial charge is 0.461 e. The summed E-state index contributed by atoms with van der Waals surface area (Å²) < 4.78 is 29.5. The van der Waals surface area contributed by atoms with E-state index in [1.165, 1.54) is 12.0 Å². The van der Waals surface area contributed by atoms with Crippen LogP contribution in [-0.4, -0.2) is 146 Å². The van der Waals surface area contributed by atoms with E-state index in [4.69, 9.17) is 23.7 Å². The Morgan fingerprint density at radius 3 is 2.24 bits per heavy atom. The van der Waals surface area contributed by atoms with Crippen LogP contribution in [0.25, 0.3) is 0 Å². The fourth-order valence-corrected chi connectivity index (χ4v) is 10.9. The molecule has 5 N–H and O–H groups in total. The lowest BCUT2D eigenvalue weighted by Gasteiger charge is -2.46. The number of ketones is 1. The van der Waals surface area contributed by atoms with Crippen LogP contribution < -0.4 is 0 Å². The molecule has 16 heteroatoms. The average molecular weight is 1000 g/mol. The third-order valence-corrected chi connectivity index (χ3v) is 15.3. The summed E-state index contributed by atoms with van der Waals surface area (Å²) in [5, 5.41) is 58.1. The number of aliphatic hydroxyl groups excluding tert-OH is 3. The highest BCUT2D eigenvalue weighted by molar-refractivity contribution is 5.88. The zero-order valence-corrected chi connectivity index (χ0v) is 44.8. The van der Waals surface area contributed by atoms with Gasteiger partial charge >= 0.3 is 12.1 Å². The minimum absolute atomic E-state index is 0.0259. The molecule has 71 heavy (non-hydrogen) atoms. The summed E-state index contributed by atoms with van der Waals surface area (Å²) in [7, 11) is 3.02. The van der Waals surface area contributed by atoms with Gasteiger partial charge in [0.25, 0.3) is 5.91 Å². The minimum atomic E-state index is -2.38. The molecule has 0 radical (unpaired) electrons. The first kappa shape index (κ1) is 60.1. The molecule has 1 saturated carbocycles. The zero-order valence-electron chi connectivity index (χ0n) is 44.8. The lowest BCUT2D eigenvalue weighted by molar-refractivity contribution is -0.317. The highest BCUT2D eigenvalue weighted by Gasteiger charge is 2.53. The smallest absolute Gasteiger partial charge is 0.434 e. The first-order valence-electron chi connectivity index (χ1n) is 26.3. The van der Waals surface area contributed by atoms with Crippen LogP contribution >= 0.6 is 0 Å². The van der Waals surface area contributed by atoms with Crippen molar-refractivity contribution in [1.29, 1.82) is 0 Å². The molecule has 2 bridgehead atoms. The van der Waals surface area contributed by atoms with Gasteiger partial charge in [-0.25, -0.2) is 9.59 Å². The number of aliphatic hydroxyl groups is 4. The van der Waals surface area contributed by atoms with Gasteiger partial charge in [0.15, 0.2) is 11.9 Å².